The molecule has 0 spiro atoms. The number of piperidine rings is 1. The molecular weight excluding hydrogens is 475 g/mol. The minimum absolute atomic E-state index is 0.00494. The van der Waals surface area contributed by atoms with Crippen LogP contribution in [0.2, 0.25) is 10.0 Å². The predicted molar refractivity (Wildman–Crippen MR) is 132 cm³/mol. The first-order valence-electron chi connectivity index (χ1n) is 11.4. The molecule has 2 aromatic carbocycles. The molecule has 1 unspecified atom stereocenters. The second-order valence-electron chi connectivity index (χ2n) is 8.43. The first kappa shape index (κ1) is 24.5. The van der Waals surface area contributed by atoms with Crippen LogP contribution in [-0.4, -0.2) is 41.1 Å². The van der Waals surface area contributed by atoms with E-state index in [2.05, 4.69) is 27.3 Å². The van der Waals surface area contributed by atoms with Crippen LogP contribution in [0, 0.1) is 5.92 Å². The second-order valence-corrected chi connectivity index (χ2v) is 9.27. The normalized spacial score (nSPS) is 15.8. The van der Waals surface area contributed by atoms with E-state index in [1.807, 2.05) is 24.3 Å². The molecule has 0 bridgehead atoms. The van der Waals surface area contributed by atoms with E-state index in [-0.39, 0.29) is 17.9 Å². The summed E-state index contributed by atoms with van der Waals surface area (Å²) in [5, 5.41) is 8.31. The molecule has 9 heteroatoms. The lowest BCUT2D eigenvalue weighted by atomic mass is 9.94. The molecule has 1 aliphatic rings. The van der Waals surface area contributed by atoms with Gasteiger partial charge in [0.15, 0.2) is 0 Å². The van der Waals surface area contributed by atoms with Gasteiger partial charge in [0.1, 0.15) is 5.75 Å². The Bertz CT molecular complexity index is 1110. The maximum absolute atomic E-state index is 12.9. The standard InChI is InChI=1S/C25H28Cl2N4O3/c1-3-22(16-4-7-19(33-2)8-5-16)28-25(32)17-10-12-31(13-11-17)15-23-29-24(30-34-23)20-9-6-18(26)14-21(20)27/h4-9,14,17,22H,3,10-13,15H2,1-2H3,(H,28,32). The second kappa shape index (κ2) is 11.2. The molecule has 4 rings (SSSR count). The number of nitrogens with one attached hydrogen (secondary N) is 1. The third-order valence-electron chi connectivity index (χ3n) is 6.20. The van der Waals surface area contributed by atoms with Gasteiger partial charge < -0.3 is 14.6 Å². The molecule has 0 aliphatic carbocycles. The molecule has 2 heterocycles. The summed E-state index contributed by atoms with van der Waals surface area (Å²) in [4.78, 5) is 19.6. The smallest absolute Gasteiger partial charge is 0.241 e. The molecule has 180 valence electrons. The number of carbonyl (C=O) groups excluding carboxylic acids is 1. The van der Waals surface area contributed by atoms with Gasteiger partial charge in [-0.05, 0) is 68.2 Å². The van der Waals surface area contributed by atoms with Gasteiger partial charge in [-0.15, -0.1) is 0 Å². The number of hydrogen-bond donors (Lipinski definition) is 1. The first-order chi connectivity index (χ1) is 16.5. The van der Waals surface area contributed by atoms with Gasteiger partial charge in [-0.3, -0.25) is 9.69 Å². The number of hydrogen-bond acceptors (Lipinski definition) is 6. The molecule has 1 aromatic heterocycles. The minimum Gasteiger partial charge on any atom is -0.497 e. The number of halogens is 2. The van der Waals surface area contributed by atoms with Crippen LogP contribution in [0.25, 0.3) is 11.4 Å². The van der Waals surface area contributed by atoms with Crippen molar-refractivity contribution in [3.8, 4) is 17.1 Å². The summed E-state index contributed by atoms with van der Waals surface area (Å²) >= 11 is 12.2. The fourth-order valence-corrected chi connectivity index (χ4v) is 4.68. The van der Waals surface area contributed by atoms with Crippen LogP contribution >= 0.6 is 23.2 Å². The summed E-state index contributed by atoms with van der Waals surface area (Å²) in [6.07, 6.45) is 2.40. The molecule has 1 atom stereocenters. The van der Waals surface area contributed by atoms with E-state index in [1.165, 1.54) is 0 Å². The molecule has 1 N–H and O–H groups in total. The highest BCUT2D eigenvalue weighted by molar-refractivity contribution is 6.36. The first-order valence-corrected chi connectivity index (χ1v) is 12.2. The summed E-state index contributed by atoms with van der Waals surface area (Å²) in [5.74, 6) is 1.88. The Morgan fingerprint density at radius 2 is 1.94 bits per heavy atom. The molecule has 3 aromatic rings. The Morgan fingerprint density at radius 1 is 1.21 bits per heavy atom. The highest BCUT2D eigenvalue weighted by Gasteiger charge is 2.27. The van der Waals surface area contributed by atoms with Crippen molar-refractivity contribution >= 4 is 29.1 Å². The van der Waals surface area contributed by atoms with E-state index in [1.54, 1.807) is 25.3 Å². The summed E-state index contributed by atoms with van der Waals surface area (Å²) < 4.78 is 10.7. The number of rotatable bonds is 8. The number of aromatic nitrogens is 2. The van der Waals surface area contributed by atoms with E-state index >= 15 is 0 Å². The Morgan fingerprint density at radius 3 is 2.59 bits per heavy atom. The molecule has 1 amide bonds. The van der Waals surface area contributed by atoms with Crippen LogP contribution in [0.3, 0.4) is 0 Å². The number of nitrogens with zero attached hydrogens (tertiary/aromatic N) is 3. The summed E-state index contributed by atoms with van der Waals surface area (Å²) in [5.41, 5.74) is 1.76. The van der Waals surface area contributed by atoms with Crippen molar-refractivity contribution < 1.29 is 14.1 Å². The number of methoxy groups -OCH3 is 1. The van der Waals surface area contributed by atoms with E-state index in [9.17, 15) is 4.79 Å². The van der Waals surface area contributed by atoms with Gasteiger partial charge in [0.2, 0.25) is 17.6 Å². The van der Waals surface area contributed by atoms with Crippen LogP contribution < -0.4 is 10.1 Å². The van der Waals surface area contributed by atoms with Gasteiger partial charge in [-0.1, -0.05) is 47.4 Å². The van der Waals surface area contributed by atoms with Crippen LogP contribution in [-0.2, 0) is 11.3 Å². The van der Waals surface area contributed by atoms with Crippen LogP contribution in [0.1, 0.15) is 43.7 Å². The van der Waals surface area contributed by atoms with Crippen molar-refractivity contribution in [3.63, 3.8) is 0 Å². The third kappa shape index (κ3) is 5.90. The number of likely N-dealkylation sites (tertiary alicyclic amines) is 1. The van der Waals surface area contributed by atoms with Gasteiger partial charge >= 0.3 is 0 Å². The summed E-state index contributed by atoms with van der Waals surface area (Å²) in [6.45, 7) is 4.19. The van der Waals surface area contributed by atoms with Crippen LogP contribution in [0.4, 0.5) is 0 Å². The number of benzene rings is 2. The highest BCUT2D eigenvalue weighted by Crippen LogP contribution is 2.29. The predicted octanol–water partition coefficient (Wildman–Crippen LogP) is 5.53. The maximum Gasteiger partial charge on any atom is 0.241 e. The number of ether oxygens (including phenoxy) is 1. The summed E-state index contributed by atoms with van der Waals surface area (Å²) in [6, 6.07) is 13.0. The zero-order valence-corrected chi connectivity index (χ0v) is 20.8. The zero-order valence-electron chi connectivity index (χ0n) is 19.3. The minimum atomic E-state index is -0.00654. The molecule has 0 radical (unpaired) electrons. The van der Waals surface area contributed by atoms with Gasteiger partial charge in [0.25, 0.3) is 0 Å². The SMILES string of the molecule is CCC(NC(=O)C1CCN(Cc2nc(-c3ccc(Cl)cc3Cl)no2)CC1)c1ccc(OC)cc1. The van der Waals surface area contributed by atoms with Gasteiger partial charge in [0, 0.05) is 16.5 Å². The fraction of sp³-hybridized carbons (Fsp3) is 0.400. The molecule has 0 saturated carbocycles. The maximum atomic E-state index is 12.9. The van der Waals surface area contributed by atoms with Crippen LogP contribution in [0.5, 0.6) is 5.75 Å². The van der Waals surface area contributed by atoms with Crippen molar-refractivity contribution in [2.24, 2.45) is 5.92 Å². The molecular formula is C25H28Cl2N4O3. The van der Waals surface area contributed by atoms with E-state index in [0.29, 0.717) is 33.9 Å². The summed E-state index contributed by atoms with van der Waals surface area (Å²) in [7, 11) is 1.65. The van der Waals surface area contributed by atoms with E-state index in [0.717, 1.165) is 43.7 Å². The van der Waals surface area contributed by atoms with E-state index < -0.39 is 0 Å². The number of amides is 1. The topological polar surface area (TPSA) is 80.5 Å². The molecule has 1 fully saturated rings. The van der Waals surface area contributed by atoms with Gasteiger partial charge in [0.05, 0.1) is 24.7 Å². The zero-order chi connectivity index (χ0) is 24.1. The van der Waals surface area contributed by atoms with Crippen molar-refractivity contribution in [1.29, 1.82) is 0 Å². The Kier molecular flexibility index (Phi) is 8.08. The Labute approximate surface area is 209 Å². The Hall–Kier alpha value is -2.61. The van der Waals surface area contributed by atoms with Gasteiger partial charge in [-0.25, -0.2) is 0 Å². The number of carbonyl (C=O) groups is 1. The third-order valence-corrected chi connectivity index (χ3v) is 6.75. The molecule has 1 aliphatic heterocycles. The van der Waals surface area contributed by atoms with Crippen molar-refractivity contribution in [3.05, 3.63) is 64.0 Å². The van der Waals surface area contributed by atoms with Crippen molar-refractivity contribution in [2.45, 2.75) is 38.8 Å². The Balaban J connectivity index is 1.29. The lowest BCUT2D eigenvalue weighted by molar-refractivity contribution is -0.127. The molecule has 34 heavy (non-hydrogen) atoms. The lowest BCUT2D eigenvalue weighted by Crippen LogP contribution is -2.41. The van der Waals surface area contributed by atoms with Gasteiger partial charge in [-0.2, -0.15) is 4.98 Å². The van der Waals surface area contributed by atoms with Crippen LogP contribution in [0.15, 0.2) is 47.0 Å². The van der Waals surface area contributed by atoms with E-state index in [4.69, 9.17) is 32.5 Å². The monoisotopic (exact) mass is 502 g/mol. The molecule has 7 nitrogen and oxygen atoms in total. The van der Waals surface area contributed by atoms with Crippen molar-refractivity contribution in [1.82, 2.24) is 20.4 Å². The highest BCUT2D eigenvalue weighted by atomic mass is 35.5. The largest absolute Gasteiger partial charge is 0.497 e. The average Bonchev–Trinajstić information content (AvgIpc) is 3.31. The van der Waals surface area contributed by atoms with Crippen molar-refractivity contribution in [2.75, 3.05) is 20.2 Å². The molecule has 1 saturated heterocycles. The average molecular weight is 503 g/mol. The lowest BCUT2D eigenvalue weighted by Gasteiger charge is -2.31. The quantitative estimate of drug-likeness (QED) is 0.435. The fourth-order valence-electron chi connectivity index (χ4n) is 4.19.